The Morgan fingerprint density at radius 2 is 1.28 bits per heavy atom. The van der Waals surface area contributed by atoms with Crippen LogP contribution in [0.4, 0.5) is 28.6 Å². The molecule has 312 valence electrons. The lowest BCUT2D eigenvalue weighted by atomic mass is 10.1. The maximum Gasteiger partial charge on any atom is 0.273 e. The average molecular weight is 856 g/mol. The van der Waals surface area contributed by atoms with E-state index in [-0.39, 0.29) is 47.7 Å². The van der Waals surface area contributed by atoms with Gasteiger partial charge in [0, 0.05) is 99.2 Å². The highest BCUT2D eigenvalue weighted by Gasteiger charge is 2.20. The molecule has 0 atom stereocenters. The van der Waals surface area contributed by atoms with Gasteiger partial charge in [-0.15, -0.1) is 23.2 Å². The standard InChI is InChI=1S/C41H44Cl2N12O5/c1-52-22-27(20-33(52)40(59)49-28-21-34(53(2)23-28)41(60)51-36-11-10-32(54(36)3)39(58)46-15-12-35(44)45)48-38(57)31-19-25-18-26(6-9-30(25)50-31)47-37(56)24-4-7-29(8-5-24)55(16-13-42)17-14-43/h4-11,18-23,50H,12-17H2,1-3H3,(H3,44,45)(H,46,58)(H,47,56)(H,48,57)(H,49,59)(H,51,60). The van der Waals surface area contributed by atoms with Crippen molar-refractivity contribution in [1.82, 2.24) is 24.0 Å². The zero-order valence-corrected chi connectivity index (χ0v) is 34.5. The monoisotopic (exact) mass is 854 g/mol. The summed E-state index contributed by atoms with van der Waals surface area (Å²) in [5.74, 6) is -0.819. The molecule has 0 unspecified atom stereocenters. The Labute approximate surface area is 354 Å². The number of fused-ring (bicyclic) bond motifs is 1. The maximum absolute atomic E-state index is 13.4. The lowest BCUT2D eigenvalue weighted by molar-refractivity contribution is 0.0943. The van der Waals surface area contributed by atoms with E-state index >= 15 is 0 Å². The molecule has 0 aliphatic heterocycles. The van der Waals surface area contributed by atoms with Gasteiger partial charge in [0.15, 0.2) is 0 Å². The quantitative estimate of drug-likeness (QED) is 0.0332. The highest BCUT2D eigenvalue weighted by molar-refractivity contribution is 6.18. The maximum atomic E-state index is 13.4. The number of anilines is 5. The number of nitrogens with two attached hydrogens (primary N) is 1. The number of carbonyl (C=O) groups excluding carboxylic acids is 5. The van der Waals surface area contributed by atoms with Gasteiger partial charge in [-0.05, 0) is 72.8 Å². The van der Waals surface area contributed by atoms with Crippen molar-refractivity contribution in [3.05, 3.63) is 114 Å². The Hall–Kier alpha value is -6.98. The Morgan fingerprint density at radius 1 is 0.683 bits per heavy atom. The van der Waals surface area contributed by atoms with Gasteiger partial charge in [-0.1, -0.05) is 0 Å². The van der Waals surface area contributed by atoms with Crippen LogP contribution in [0.5, 0.6) is 0 Å². The number of rotatable bonds is 17. The Balaban J connectivity index is 1.05. The predicted octanol–water partition coefficient (Wildman–Crippen LogP) is 5.53. The first-order valence-electron chi connectivity index (χ1n) is 18.7. The van der Waals surface area contributed by atoms with Crippen molar-refractivity contribution in [2.75, 3.05) is 57.6 Å². The summed E-state index contributed by atoms with van der Waals surface area (Å²) in [5, 5.41) is 22.0. The number of aromatic nitrogens is 4. The zero-order valence-electron chi connectivity index (χ0n) is 33.0. The molecule has 60 heavy (non-hydrogen) atoms. The van der Waals surface area contributed by atoms with E-state index in [2.05, 4.69) is 31.6 Å². The zero-order chi connectivity index (χ0) is 43.1. The second kappa shape index (κ2) is 18.7. The van der Waals surface area contributed by atoms with Gasteiger partial charge in [-0.3, -0.25) is 29.4 Å². The van der Waals surface area contributed by atoms with E-state index in [9.17, 15) is 24.0 Å². The lowest BCUT2D eigenvalue weighted by Crippen LogP contribution is -2.29. The number of amidine groups is 1. The number of aromatic amines is 1. The molecule has 0 aliphatic rings. The van der Waals surface area contributed by atoms with Crippen LogP contribution in [0.15, 0.2) is 85.2 Å². The molecule has 17 nitrogen and oxygen atoms in total. The molecule has 0 bridgehead atoms. The summed E-state index contributed by atoms with van der Waals surface area (Å²) >= 11 is 11.9. The van der Waals surface area contributed by atoms with Crippen LogP contribution in [0.25, 0.3) is 10.9 Å². The number of nitrogens with one attached hydrogen (secondary N) is 7. The van der Waals surface area contributed by atoms with Crippen molar-refractivity contribution < 1.29 is 24.0 Å². The van der Waals surface area contributed by atoms with Gasteiger partial charge in [-0.25, -0.2) is 0 Å². The number of carbonyl (C=O) groups is 5. The van der Waals surface area contributed by atoms with E-state index in [1.807, 2.05) is 17.0 Å². The second-order valence-corrected chi connectivity index (χ2v) is 14.6. The molecule has 4 heterocycles. The fraction of sp³-hybridized carbons (Fsp3) is 0.220. The molecule has 9 N–H and O–H groups in total. The van der Waals surface area contributed by atoms with Gasteiger partial charge in [0.25, 0.3) is 29.5 Å². The van der Waals surface area contributed by atoms with Crippen molar-refractivity contribution in [3.63, 3.8) is 0 Å². The molecule has 19 heteroatoms. The Bertz CT molecular complexity index is 2580. The number of halogens is 2. The van der Waals surface area contributed by atoms with Gasteiger partial charge in [0.1, 0.15) is 28.6 Å². The molecule has 2 aromatic carbocycles. The number of hydrogen-bond donors (Lipinski definition) is 8. The van der Waals surface area contributed by atoms with Gasteiger partial charge < -0.3 is 55.9 Å². The van der Waals surface area contributed by atoms with Crippen molar-refractivity contribution in [1.29, 1.82) is 5.41 Å². The van der Waals surface area contributed by atoms with E-state index in [0.717, 1.165) is 5.69 Å². The van der Waals surface area contributed by atoms with Crippen LogP contribution in [0.2, 0.25) is 0 Å². The third-order valence-corrected chi connectivity index (χ3v) is 9.93. The minimum atomic E-state index is -0.478. The largest absolute Gasteiger partial charge is 0.388 e. The number of amides is 5. The van der Waals surface area contributed by atoms with Crippen LogP contribution >= 0.6 is 23.2 Å². The van der Waals surface area contributed by atoms with Gasteiger partial charge >= 0.3 is 0 Å². The number of H-pyrrole nitrogens is 1. The highest BCUT2D eigenvalue weighted by atomic mass is 35.5. The summed E-state index contributed by atoms with van der Waals surface area (Å²) in [6, 6.07) is 20.3. The minimum absolute atomic E-state index is 0.0383. The van der Waals surface area contributed by atoms with Crippen molar-refractivity contribution in [3.8, 4) is 0 Å². The highest BCUT2D eigenvalue weighted by Crippen LogP contribution is 2.24. The molecule has 4 aromatic heterocycles. The first kappa shape index (κ1) is 42.6. The number of hydrogen-bond acceptors (Lipinski definition) is 7. The molecule has 0 saturated carbocycles. The number of alkyl halides is 2. The summed E-state index contributed by atoms with van der Waals surface area (Å²) in [6.07, 6.45) is 3.41. The summed E-state index contributed by atoms with van der Waals surface area (Å²) in [6.45, 7) is 1.48. The van der Waals surface area contributed by atoms with Crippen LogP contribution in [0.1, 0.15) is 58.7 Å². The topological polar surface area (TPSA) is 229 Å². The third-order valence-electron chi connectivity index (χ3n) is 9.59. The first-order valence-corrected chi connectivity index (χ1v) is 19.8. The summed E-state index contributed by atoms with van der Waals surface area (Å²) in [7, 11) is 4.95. The van der Waals surface area contributed by atoms with Crippen LogP contribution in [0, 0.1) is 5.41 Å². The van der Waals surface area contributed by atoms with Crippen LogP contribution in [-0.4, -0.2) is 85.5 Å². The number of nitrogens with zero attached hydrogens (tertiary/aromatic N) is 4. The molecule has 0 spiro atoms. The molecule has 0 radical (unpaired) electrons. The third kappa shape index (κ3) is 9.99. The van der Waals surface area contributed by atoms with Crippen molar-refractivity contribution in [2.24, 2.45) is 26.9 Å². The van der Waals surface area contributed by atoms with E-state index in [0.29, 0.717) is 69.9 Å². The van der Waals surface area contributed by atoms with E-state index < -0.39 is 17.7 Å². The molecule has 5 amide bonds. The molecule has 0 saturated heterocycles. The first-order chi connectivity index (χ1) is 28.7. The number of benzene rings is 2. The van der Waals surface area contributed by atoms with Gasteiger partial charge in [-0.2, -0.15) is 0 Å². The summed E-state index contributed by atoms with van der Waals surface area (Å²) < 4.78 is 4.64. The van der Waals surface area contributed by atoms with E-state index in [1.165, 1.54) is 16.7 Å². The molecular weight excluding hydrogens is 811 g/mol. The fourth-order valence-corrected chi connectivity index (χ4v) is 6.90. The average Bonchev–Trinajstić information content (AvgIpc) is 3.99. The predicted molar refractivity (Wildman–Crippen MR) is 235 cm³/mol. The fourth-order valence-electron chi connectivity index (χ4n) is 6.49. The SMILES string of the molecule is Cn1cc(NC(=O)c2cc3cc(NC(=O)c4ccc(N(CCCl)CCCl)cc4)ccc3[nH]2)cc1C(=O)Nc1cc(C(=O)Nc2ccc(C(=O)NCCC(=N)N)n2C)n(C)c1. The van der Waals surface area contributed by atoms with Crippen LogP contribution in [-0.2, 0) is 21.1 Å². The number of aryl methyl sites for hydroxylation is 2. The summed E-state index contributed by atoms with van der Waals surface area (Å²) in [4.78, 5) is 70.6. The van der Waals surface area contributed by atoms with Crippen molar-refractivity contribution in [2.45, 2.75) is 6.42 Å². The Morgan fingerprint density at radius 3 is 1.90 bits per heavy atom. The van der Waals surface area contributed by atoms with Gasteiger partial charge in [0.2, 0.25) is 0 Å². The Kier molecular flexibility index (Phi) is 13.3. The molecule has 0 fully saturated rings. The smallest absolute Gasteiger partial charge is 0.273 e. The second-order valence-electron chi connectivity index (χ2n) is 13.9. The van der Waals surface area contributed by atoms with Gasteiger partial charge in [0.05, 0.1) is 17.2 Å². The normalized spacial score (nSPS) is 10.9. The van der Waals surface area contributed by atoms with Crippen molar-refractivity contribution >= 4 is 98.0 Å². The molecular formula is C41H44Cl2N12O5. The molecule has 6 aromatic rings. The molecule has 0 aliphatic carbocycles. The summed E-state index contributed by atoms with van der Waals surface area (Å²) in [5.41, 5.74) is 9.77. The molecule has 6 rings (SSSR count). The van der Waals surface area contributed by atoms with Crippen LogP contribution in [0.3, 0.4) is 0 Å². The van der Waals surface area contributed by atoms with E-state index in [4.69, 9.17) is 34.3 Å². The lowest BCUT2D eigenvalue weighted by Gasteiger charge is -2.22. The van der Waals surface area contributed by atoms with E-state index in [1.54, 1.807) is 91.2 Å². The minimum Gasteiger partial charge on any atom is -0.388 e. The van der Waals surface area contributed by atoms with Crippen LogP contribution < -0.4 is 37.2 Å².